The average Bonchev–Trinajstić information content (AvgIpc) is 2.72. The van der Waals surface area contributed by atoms with E-state index < -0.39 is 0 Å². The maximum atomic E-state index is 13.1. The predicted molar refractivity (Wildman–Crippen MR) is 104 cm³/mol. The smallest absolute Gasteiger partial charge is 0.240 e. The van der Waals surface area contributed by atoms with E-state index in [1.54, 1.807) is 6.20 Å². The van der Waals surface area contributed by atoms with Crippen LogP contribution in [0.15, 0.2) is 48.8 Å². The zero-order valence-electron chi connectivity index (χ0n) is 15.9. The largest absolute Gasteiger partial charge is 0.373 e. The van der Waals surface area contributed by atoms with Crippen LogP contribution in [0, 0.1) is 0 Å². The van der Waals surface area contributed by atoms with E-state index in [0.717, 1.165) is 44.5 Å². The number of aromatic nitrogens is 1. The molecule has 4 rings (SSSR count). The van der Waals surface area contributed by atoms with Crippen LogP contribution in [0.25, 0.3) is 0 Å². The number of hydrogen-bond donors (Lipinski definition) is 0. The maximum Gasteiger partial charge on any atom is 0.240 e. The topological polar surface area (TPSA) is 45.7 Å². The quantitative estimate of drug-likeness (QED) is 0.836. The third-order valence-corrected chi connectivity index (χ3v) is 5.73. The van der Waals surface area contributed by atoms with Gasteiger partial charge in [0.25, 0.3) is 0 Å². The molecule has 0 bridgehead atoms. The Balaban J connectivity index is 1.30. The highest BCUT2D eigenvalue weighted by Gasteiger charge is 2.33. The van der Waals surface area contributed by atoms with Crippen molar-refractivity contribution < 1.29 is 9.53 Å². The van der Waals surface area contributed by atoms with Gasteiger partial charge in [-0.2, -0.15) is 0 Å². The molecule has 1 aromatic heterocycles. The lowest BCUT2D eigenvalue weighted by Crippen LogP contribution is -2.52. The summed E-state index contributed by atoms with van der Waals surface area (Å²) in [5.74, 6) is 0.262. The van der Waals surface area contributed by atoms with Crippen molar-refractivity contribution in [3.63, 3.8) is 0 Å². The Morgan fingerprint density at radius 2 is 1.93 bits per heavy atom. The Hall–Kier alpha value is -2.24. The average molecular weight is 365 g/mol. The number of carbonyl (C=O) groups excluding carboxylic acids is 1. The predicted octanol–water partition coefficient (Wildman–Crippen LogP) is 2.65. The Morgan fingerprint density at radius 3 is 2.67 bits per heavy atom. The molecule has 1 fully saturated rings. The number of likely N-dealkylation sites (N-methyl/N-ethyl adjacent to an activating group) is 1. The van der Waals surface area contributed by atoms with E-state index in [9.17, 15) is 4.79 Å². The number of rotatable bonds is 4. The van der Waals surface area contributed by atoms with Gasteiger partial charge in [0, 0.05) is 32.0 Å². The van der Waals surface area contributed by atoms with E-state index in [1.165, 1.54) is 11.1 Å². The molecule has 5 nitrogen and oxygen atoms in total. The molecular weight excluding hydrogens is 338 g/mol. The van der Waals surface area contributed by atoms with Crippen LogP contribution in [-0.2, 0) is 29.1 Å². The normalized spacial score (nSPS) is 21.1. The van der Waals surface area contributed by atoms with Gasteiger partial charge in [0.05, 0.1) is 18.8 Å². The van der Waals surface area contributed by atoms with Crippen molar-refractivity contribution in [1.29, 1.82) is 0 Å². The molecule has 1 saturated heterocycles. The number of likely N-dealkylation sites (tertiary alicyclic amines) is 1. The van der Waals surface area contributed by atoms with Crippen molar-refractivity contribution in [2.45, 2.75) is 44.6 Å². The molecule has 1 aromatic carbocycles. The van der Waals surface area contributed by atoms with Gasteiger partial charge in [0.15, 0.2) is 0 Å². The molecular formula is C22H27N3O2. The van der Waals surface area contributed by atoms with Crippen LogP contribution in [0.5, 0.6) is 0 Å². The van der Waals surface area contributed by atoms with Gasteiger partial charge < -0.3 is 9.64 Å². The van der Waals surface area contributed by atoms with Gasteiger partial charge in [-0.25, -0.2) is 0 Å². The van der Waals surface area contributed by atoms with Gasteiger partial charge in [-0.05, 0) is 49.1 Å². The van der Waals surface area contributed by atoms with E-state index in [1.807, 2.05) is 23.2 Å². The van der Waals surface area contributed by atoms with Crippen LogP contribution in [0.4, 0.5) is 0 Å². The molecule has 0 aliphatic carbocycles. The summed E-state index contributed by atoms with van der Waals surface area (Å²) >= 11 is 0. The lowest BCUT2D eigenvalue weighted by atomic mass is 9.93. The van der Waals surface area contributed by atoms with Crippen LogP contribution in [0.3, 0.4) is 0 Å². The van der Waals surface area contributed by atoms with Gasteiger partial charge in [0.2, 0.25) is 5.91 Å². The number of carbonyl (C=O) groups is 1. The molecule has 0 unspecified atom stereocenters. The van der Waals surface area contributed by atoms with E-state index >= 15 is 0 Å². The van der Waals surface area contributed by atoms with E-state index in [2.05, 4.69) is 41.2 Å². The Kier molecular flexibility index (Phi) is 5.50. The summed E-state index contributed by atoms with van der Waals surface area (Å²) in [5.41, 5.74) is 3.74. The number of hydrogen-bond acceptors (Lipinski definition) is 4. The molecule has 27 heavy (non-hydrogen) atoms. The van der Waals surface area contributed by atoms with Gasteiger partial charge in [-0.15, -0.1) is 0 Å². The van der Waals surface area contributed by atoms with Crippen molar-refractivity contribution in [3.8, 4) is 0 Å². The third-order valence-electron chi connectivity index (χ3n) is 5.73. The van der Waals surface area contributed by atoms with E-state index in [4.69, 9.17) is 4.74 Å². The molecule has 2 aliphatic rings. The second kappa shape index (κ2) is 8.19. The summed E-state index contributed by atoms with van der Waals surface area (Å²) in [5, 5.41) is 0. The van der Waals surface area contributed by atoms with Gasteiger partial charge in [0.1, 0.15) is 0 Å². The molecule has 1 atom stereocenters. The van der Waals surface area contributed by atoms with Crippen LogP contribution >= 0.6 is 0 Å². The van der Waals surface area contributed by atoms with Crippen molar-refractivity contribution >= 4 is 5.91 Å². The molecule has 0 N–H and O–H groups in total. The van der Waals surface area contributed by atoms with Crippen molar-refractivity contribution in [1.82, 2.24) is 14.8 Å². The summed E-state index contributed by atoms with van der Waals surface area (Å²) in [4.78, 5) is 21.4. The standard InChI is InChI=1S/C22H27N3O2/c1-24-15-19-7-3-2-6-18(19)13-21(24)22(26)25-11-8-20(9-12-25)27-16-17-5-4-10-23-14-17/h2-7,10,14,20-21H,8-9,11-13,15-16H2,1H3/t21-/m0/s1. The Labute approximate surface area is 161 Å². The summed E-state index contributed by atoms with van der Waals surface area (Å²) in [6.07, 6.45) is 6.45. The minimum absolute atomic E-state index is 0.0484. The van der Waals surface area contributed by atoms with Crippen molar-refractivity contribution in [3.05, 3.63) is 65.5 Å². The molecule has 0 radical (unpaired) electrons. The zero-order valence-corrected chi connectivity index (χ0v) is 15.9. The molecule has 2 aromatic rings. The highest BCUT2D eigenvalue weighted by Crippen LogP contribution is 2.24. The highest BCUT2D eigenvalue weighted by molar-refractivity contribution is 5.82. The molecule has 3 heterocycles. The molecule has 1 amide bonds. The molecule has 0 spiro atoms. The lowest BCUT2D eigenvalue weighted by Gasteiger charge is -2.39. The number of benzene rings is 1. The third kappa shape index (κ3) is 4.20. The zero-order chi connectivity index (χ0) is 18.6. The van der Waals surface area contributed by atoms with Crippen LogP contribution < -0.4 is 0 Å². The Morgan fingerprint density at radius 1 is 1.15 bits per heavy atom. The molecule has 2 aliphatic heterocycles. The van der Waals surface area contributed by atoms with Gasteiger partial charge in [-0.1, -0.05) is 30.3 Å². The number of ether oxygens (including phenoxy) is 1. The first-order chi connectivity index (χ1) is 13.2. The molecule has 5 heteroatoms. The van der Waals surface area contributed by atoms with Crippen LogP contribution in [0.2, 0.25) is 0 Å². The minimum atomic E-state index is -0.0484. The Bertz CT molecular complexity index is 772. The van der Waals surface area contributed by atoms with Crippen molar-refractivity contribution in [2.24, 2.45) is 0 Å². The summed E-state index contributed by atoms with van der Waals surface area (Å²) < 4.78 is 6.02. The second-order valence-electron chi connectivity index (χ2n) is 7.60. The van der Waals surface area contributed by atoms with Gasteiger partial charge in [-0.3, -0.25) is 14.7 Å². The first kappa shape index (κ1) is 18.1. The first-order valence-corrected chi connectivity index (χ1v) is 9.77. The summed E-state index contributed by atoms with van der Waals surface area (Å²) in [6, 6.07) is 12.4. The first-order valence-electron chi connectivity index (χ1n) is 9.77. The number of pyridine rings is 1. The second-order valence-corrected chi connectivity index (χ2v) is 7.60. The minimum Gasteiger partial charge on any atom is -0.373 e. The number of fused-ring (bicyclic) bond motifs is 1. The SMILES string of the molecule is CN1Cc2ccccc2C[C@H]1C(=O)N1CCC(OCc2cccnc2)CC1. The fourth-order valence-electron chi connectivity index (χ4n) is 4.08. The van der Waals surface area contributed by atoms with Crippen LogP contribution in [-0.4, -0.2) is 53.0 Å². The number of piperidine rings is 1. The summed E-state index contributed by atoms with van der Waals surface area (Å²) in [7, 11) is 2.06. The maximum absolute atomic E-state index is 13.1. The van der Waals surface area contributed by atoms with Crippen LogP contribution in [0.1, 0.15) is 29.5 Å². The van der Waals surface area contributed by atoms with Crippen molar-refractivity contribution in [2.75, 3.05) is 20.1 Å². The highest BCUT2D eigenvalue weighted by atomic mass is 16.5. The van der Waals surface area contributed by atoms with E-state index in [-0.39, 0.29) is 18.1 Å². The summed E-state index contributed by atoms with van der Waals surface area (Å²) in [6.45, 7) is 3.00. The fraction of sp³-hybridized carbons (Fsp3) is 0.455. The molecule has 142 valence electrons. The van der Waals surface area contributed by atoms with E-state index in [0.29, 0.717) is 6.61 Å². The molecule has 0 saturated carbocycles. The lowest BCUT2D eigenvalue weighted by molar-refractivity contribution is -0.139. The number of nitrogens with zero attached hydrogens (tertiary/aromatic N) is 3. The van der Waals surface area contributed by atoms with Gasteiger partial charge >= 0.3 is 0 Å². The number of amides is 1. The fourth-order valence-corrected chi connectivity index (χ4v) is 4.08. The monoisotopic (exact) mass is 365 g/mol.